The van der Waals surface area contributed by atoms with Gasteiger partial charge in [-0.15, -0.1) is 11.3 Å². The molecular formula is C17H21ClN2O4S2. The fourth-order valence-corrected chi connectivity index (χ4v) is 4.54. The number of likely N-dealkylation sites (N-methyl/N-ethyl adjacent to an activating group) is 1. The van der Waals surface area contributed by atoms with Gasteiger partial charge in [0, 0.05) is 18.6 Å². The Hall–Kier alpha value is -1.61. The van der Waals surface area contributed by atoms with Gasteiger partial charge in [-0.25, -0.2) is 8.42 Å². The van der Waals surface area contributed by atoms with Crippen LogP contribution in [0.4, 0.5) is 0 Å². The molecule has 0 bridgehead atoms. The van der Waals surface area contributed by atoms with E-state index in [0.29, 0.717) is 18.2 Å². The van der Waals surface area contributed by atoms with Gasteiger partial charge in [0.25, 0.3) is 10.0 Å². The third kappa shape index (κ3) is 6.28. The minimum atomic E-state index is -3.60. The van der Waals surface area contributed by atoms with Crippen molar-refractivity contribution in [3.8, 4) is 5.75 Å². The van der Waals surface area contributed by atoms with Gasteiger partial charge in [0.15, 0.2) is 0 Å². The van der Waals surface area contributed by atoms with Crippen molar-refractivity contribution in [1.29, 1.82) is 0 Å². The van der Waals surface area contributed by atoms with Crippen LogP contribution in [0.1, 0.15) is 12.8 Å². The molecule has 0 fully saturated rings. The first-order valence-corrected chi connectivity index (χ1v) is 10.7. The monoisotopic (exact) mass is 416 g/mol. The number of carbonyl (C=O) groups excluding carboxylic acids is 1. The Balaban J connectivity index is 1.62. The summed E-state index contributed by atoms with van der Waals surface area (Å²) in [6, 6.07) is 10.3. The number of carbonyl (C=O) groups is 1. The molecule has 0 spiro atoms. The van der Waals surface area contributed by atoms with Crippen molar-refractivity contribution in [2.24, 2.45) is 0 Å². The lowest BCUT2D eigenvalue weighted by molar-refractivity contribution is -0.121. The van der Waals surface area contributed by atoms with Crippen LogP contribution in [0.3, 0.4) is 0 Å². The van der Waals surface area contributed by atoms with Crippen LogP contribution in [0.5, 0.6) is 5.75 Å². The third-order valence-corrected chi connectivity index (χ3v) is 6.93. The predicted octanol–water partition coefficient (Wildman–Crippen LogP) is 3.00. The van der Waals surface area contributed by atoms with Crippen LogP contribution in [0.2, 0.25) is 5.02 Å². The van der Waals surface area contributed by atoms with Gasteiger partial charge in [0.2, 0.25) is 5.91 Å². The highest BCUT2D eigenvalue weighted by Gasteiger charge is 2.23. The molecule has 0 aliphatic carbocycles. The topological polar surface area (TPSA) is 75.7 Å². The third-order valence-electron chi connectivity index (χ3n) is 3.50. The van der Waals surface area contributed by atoms with Gasteiger partial charge < -0.3 is 10.1 Å². The number of hydrogen-bond acceptors (Lipinski definition) is 5. The maximum absolute atomic E-state index is 12.2. The van der Waals surface area contributed by atoms with E-state index in [0.717, 1.165) is 34.2 Å². The number of thiophene rings is 1. The summed E-state index contributed by atoms with van der Waals surface area (Å²) >= 11 is 6.93. The highest BCUT2D eigenvalue weighted by atomic mass is 35.5. The Morgan fingerprint density at radius 3 is 2.62 bits per heavy atom. The first-order valence-electron chi connectivity index (χ1n) is 8.04. The maximum Gasteiger partial charge on any atom is 0.252 e. The molecule has 0 radical (unpaired) electrons. The number of amides is 1. The molecule has 9 heteroatoms. The molecule has 1 aromatic carbocycles. The zero-order chi connectivity index (χ0) is 19.0. The van der Waals surface area contributed by atoms with E-state index < -0.39 is 10.0 Å². The Morgan fingerprint density at radius 2 is 1.96 bits per heavy atom. The number of benzene rings is 1. The second-order valence-corrected chi connectivity index (χ2v) is 9.21. The van der Waals surface area contributed by atoms with Crippen molar-refractivity contribution in [2.75, 3.05) is 26.7 Å². The van der Waals surface area contributed by atoms with E-state index in [2.05, 4.69) is 5.32 Å². The van der Waals surface area contributed by atoms with Gasteiger partial charge in [0.1, 0.15) is 9.96 Å². The number of hydrogen-bond donors (Lipinski definition) is 1. The molecular weight excluding hydrogens is 396 g/mol. The van der Waals surface area contributed by atoms with Crippen LogP contribution in [0.15, 0.2) is 46.0 Å². The van der Waals surface area contributed by atoms with E-state index >= 15 is 0 Å². The van der Waals surface area contributed by atoms with Crippen LogP contribution in [0, 0.1) is 0 Å². The van der Waals surface area contributed by atoms with Gasteiger partial charge >= 0.3 is 0 Å². The summed E-state index contributed by atoms with van der Waals surface area (Å²) in [5.74, 6) is 0.421. The molecule has 0 aliphatic rings. The summed E-state index contributed by atoms with van der Waals surface area (Å²) < 4.78 is 31.3. The molecule has 1 heterocycles. The van der Waals surface area contributed by atoms with Crippen LogP contribution in [-0.4, -0.2) is 45.4 Å². The summed E-state index contributed by atoms with van der Waals surface area (Å²) in [6.07, 6.45) is 1.51. The normalized spacial score (nSPS) is 11.5. The van der Waals surface area contributed by atoms with Crippen LogP contribution < -0.4 is 10.1 Å². The maximum atomic E-state index is 12.2. The summed E-state index contributed by atoms with van der Waals surface area (Å²) in [5, 5.41) is 5.07. The van der Waals surface area contributed by atoms with Gasteiger partial charge in [-0.2, -0.15) is 4.31 Å². The Morgan fingerprint density at radius 1 is 1.23 bits per heavy atom. The molecule has 0 saturated carbocycles. The molecule has 2 rings (SSSR count). The van der Waals surface area contributed by atoms with E-state index in [1.54, 1.807) is 35.7 Å². The van der Waals surface area contributed by atoms with Crippen LogP contribution in [-0.2, 0) is 14.8 Å². The van der Waals surface area contributed by atoms with Crippen molar-refractivity contribution >= 4 is 38.9 Å². The highest BCUT2D eigenvalue weighted by molar-refractivity contribution is 7.91. The fraction of sp³-hybridized carbons (Fsp3) is 0.353. The smallest absolute Gasteiger partial charge is 0.252 e. The number of nitrogens with one attached hydrogen (secondary N) is 1. The van der Waals surface area contributed by atoms with Gasteiger partial charge in [-0.3, -0.25) is 4.79 Å². The molecule has 2 aromatic rings. The molecule has 0 saturated heterocycles. The highest BCUT2D eigenvalue weighted by Crippen LogP contribution is 2.19. The fourth-order valence-electron chi connectivity index (χ4n) is 2.08. The molecule has 6 nitrogen and oxygen atoms in total. The summed E-state index contributed by atoms with van der Waals surface area (Å²) in [5.41, 5.74) is 0. The molecule has 142 valence electrons. The minimum Gasteiger partial charge on any atom is -0.494 e. The molecule has 0 aliphatic heterocycles. The molecule has 26 heavy (non-hydrogen) atoms. The lowest BCUT2D eigenvalue weighted by atomic mass is 10.3. The summed E-state index contributed by atoms with van der Waals surface area (Å²) in [4.78, 5) is 11.9. The standard InChI is InChI=1S/C17H21ClN2O4S2/c1-20(26(22,23)17-5-4-12-25-17)13-16(21)19-10-2-3-11-24-15-8-6-14(18)7-9-15/h4-9,12H,2-3,10-11,13H2,1H3,(H,19,21). The van der Waals surface area contributed by atoms with Crippen molar-refractivity contribution in [3.05, 3.63) is 46.8 Å². The van der Waals surface area contributed by atoms with E-state index in [1.807, 2.05) is 0 Å². The van der Waals surface area contributed by atoms with E-state index in [-0.39, 0.29) is 16.7 Å². The van der Waals surface area contributed by atoms with E-state index in [1.165, 1.54) is 13.1 Å². The SMILES string of the molecule is CN(CC(=O)NCCCCOc1ccc(Cl)cc1)S(=O)(=O)c1cccs1. The Bertz CT molecular complexity index is 793. The lowest BCUT2D eigenvalue weighted by Gasteiger charge is -2.15. The minimum absolute atomic E-state index is 0.207. The lowest BCUT2D eigenvalue weighted by Crippen LogP contribution is -2.38. The number of sulfonamides is 1. The molecule has 1 amide bonds. The molecule has 1 aromatic heterocycles. The summed E-state index contributed by atoms with van der Waals surface area (Å²) in [7, 11) is -2.20. The first-order chi connectivity index (χ1) is 12.4. The molecule has 0 unspecified atom stereocenters. The zero-order valence-electron chi connectivity index (χ0n) is 14.4. The average molecular weight is 417 g/mol. The Kier molecular flexibility index (Phi) is 7.89. The van der Waals surface area contributed by atoms with Crippen LogP contribution in [0.25, 0.3) is 0 Å². The van der Waals surface area contributed by atoms with Crippen molar-refractivity contribution in [2.45, 2.75) is 17.1 Å². The molecule has 0 atom stereocenters. The number of ether oxygens (including phenoxy) is 1. The predicted molar refractivity (Wildman–Crippen MR) is 103 cm³/mol. The van der Waals surface area contributed by atoms with Gasteiger partial charge in [-0.05, 0) is 48.6 Å². The Labute approximate surface area is 162 Å². The largest absolute Gasteiger partial charge is 0.494 e. The number of unbranched alkanes of at least 4 members (excludes halogenated alkanes) is 1. The van der Waals surface area contributed by atoms with Crippen molar-refractivity contribution < 1.29 is 17.9 Å². The second-order valence-electron chi connectivity index (χ2n) is 5.55. The number of nitrogens with zero attached hydrogens (tertiary/aromatic N) is 1. The van der Waals surface area contributed by atoms with Gasteiger partial charge in [0.05, 0.1) is 13.2 Å². The zero-order valence-corrected chi connectivity index (χ0v) is 16.7. The van der Waals surface area contributed by atoms with Gasteiger partial charge in [-0.1, -0.05) is 17.7 Å². The number of rotatable bonds is 10. The van der Waals surface area contributed by atoms with Crippen molar-refractivity contribution in [3.63, 3.8) is 0 Å². The second kappa shape index (κ2) is 9.91. The van der Waals surface area contributed by atoms with E-state index in [9.17, 15) is 13.2 Å². The molecule has 1 N–H and O–H groups in total. The summed E-state index contributed by atoms with van der Waals surface area (Å²) in [6.45, 7) is 0.793. The van der Waals surface area contributed by atoms with Crippen molar-refractivity contribution in [1.82, 2.24) is 9.62 Å². The first kappa shape index (κ1) is 20.7. The number of halogens is 1. The average Bonchev–Trinajstić information content (AvgIpc) is 3.15. The quantitative estimate of drug-likeness (QED) is 0.604. The van der Waals surface area contributed by atoms with Crippen LogP contribution >= 0.6 is 22.9 Å². The van der Waals surface area contributed by atoms with E-state index in [4.69, 9.17) is 16.3 Å².